The van der Waals surface area contributed by atoms with E-state index in [1.165, 1.54) is 18.9 Å². The number of aliphatic hydroxyl groups is 1. The van der Waals surface area contributed by atoms with Crippen LogP contribution in [-0.2, 0) is 4.74 Å². The highest BCUT2D eigenvalue weighted by atomic mass is 32.2. The molecule has 0 unspecified atom stereocenters. The van der Waals surface area contributed by atoms with Crippen LogP contribution in [0.15, 0.2) is 29.3 Å². The molecule has 7 nitrogen and oxygen atoms in total. The summed E-state index contributed by atoms with van der Waals surface area (Å²) >= 11 is 1.47. The Bertz CT molecular complexity index is 915. The molecule has 2 heterocycles. The van der Waals surface area contributed by atoms with Crippen molar-refractivity contribution in [3.63, 3.8) is 0 Å². The highest BCUT2D eigenvalue weighted by Crippen LogP contribution is 2.38. The number of aromatic nitrogens is 1. The van der Waals surface area contributed by atoms with Gasteiger partial charge in [-0.2, -0.15) is 10.5 Å². The average molecular weight is 397 g/mol. The number of hydrogen-bond acceptors (Lipinski definition) is 8. The van der Waals surface area contributed by atoms with Crippen molar-refractivity contribution in [2.45, 2.75) is 5.03 Å². The molecule has 8 heteroatoms. The van der Waals surface area contributed by atoms with Crippen LogP contribution in [0, 0.1) is 28.6 Å². The summed E-state index contributed by atoms with van der Waals surface area (Å²) in [6, 6.07) is 11.4. The van der Waals surface area contributed by atoms with Gasteiger partial charge < -0.3 is 19.3 Å². The molecule has 1 aliphatic rings. The van der Waals surface area contributed by atoms with Crippen LogP contribution in [0.1, 0.15) is 11.1 Å². The first-order chi connectivity index (χ1) is 13.7. The standard InChI is InChI=1S/C20H19N3O4S/c1-25-19-16(8-21)18(14-2-4-15(5-3-14)27-7-6-24)17(9-22)20(23-19)28-12-13-10-26-11-13/h2-5,13,24H,6-7,10-12H2,1H3. The van der Waals surface area contributed by atoms with Crippen LogP contribution < -0.4 is 9.47 Å². The van der Waals surface area contributed by atoms with E-state index in [1.807, 2.05) is 0 Å². The van der Waals surface area contributed by atoms with Crippen molar-refractivity contribution in [3.8, 4) is 34.9 Å². The molecule has 0 aliphatic carbocycles. The van der Waals surface area contributed by atoms with Gasteiger partial charge in [0.1, 0.15) is 35.1 Å². The molecule has 144 valence electrons. The molecule has 0 amide bonds. The Morgan fingerprint density at radius 3 is 2.46 bits per heavy atom. The maximum absolute atomic E-state index is 9.82. The largest absolute Gasteiger partial charge is 0.491 e. The van der Waals surface area contributed by atoms with E-state index in [-0.39, 0.29) is 24.7 Å². The first-order valence-corrected chi connectivity index (χ1v) is 9.67. The van der Waals surface area contributed by atoms with Crippen molar-refractivity contribution >= 4 is 11.8 Å². The maximum Gasteiger partial charge on any atom is 0.233 e. The number of hydrogen-bond donors (Lipinski definition) is 1. The van der Waals surface area contributed by atoms with Crippen LogP contribution in [-0.4, -0.2) is 49.4 Å². The van der Waals surface area contributed by atoms with Gasteiger partial charge in [0.05, 0.1) is 32.5 Å². The maximum atomic E-state index is 9.82. The number of nitriles is 2. The van der Waals surface area contributed by atoms with Gasteiger partial charge in [0.2, 0.25) is 5.88 Å². The molecular weight excluding hydrogens is 378 g/mol. The molecule has 0 radical (unpaired) electrons. The monoisotopic (exact) mass is 397 g/mol. The molecule has 1 saturated heterocycles. The smallest absolute Gasteiger partial charge is 0.233 e. The number of thioether (sulfide) groups is 1. The minimum atomic E-state index is -0.0763. The SMILES string of the molecule is COc1nc(SCC2COC2)c(C#N)c(-c2ccc(OCCO)cc2)c1C#N. The molecule has 2 aromatic rings. The van der Waals surface area contributed by atoms with Crippen molar-refractivity contribution in [2.75, 3.05) is 39.3 Å². The first kappa shape index (κ1) is 20.0. The lowest BCUT2D eigenvalue weighted by molar-refractivity contribution is -0.0196. The number of pyridine rings is 1. The van der Waals surface area contributed by atoms with E-state index in [1.54, 1.807) is 24.3 Å². The van der Waals surface area contributed by atoms with E-state index in [0.717, 1.165) is 5.75 Å². The number of benzene rings is 1. The van der Waals surface area contributed by atoms with E-state index in [2.05, 4.69) is 17.1 Å². The first-order valence-electron chi connectivity index (χ1n) is 8.68. The zero-order chi connectivity index (χ0) is 19.9. The number of nitrogens with zero attached hydrogens (tertiary/aromatic N) is 3. The van der Waals surface area contributed by atoms with Crippen LogP contribution in [0.4, 0.5) is 0 Å². The quantitative estimate of drug-likeness (QED) is 0.677. The Balaban J connectivity index is 2.03. The van der Waals surface area contributed by atoms with Gasteiger partial charge in [0, 0.05) is 17.2 Å². The molecule has 0 spiro atoms. The predicted octanol–water partition coefficient (Wildman–Crippen LogP) is 2.61. The second-order valence-corrected chi connectivity index (χ2v) is 7.09. The van der Waals surface area contributed by atoms with Gasteiger partial charge in [0.15, 0.2) is 0 Å². The normalized spacial score (nSPS) is 13.3. The van der Waals surface area contributed by atoms with Gasteiger partial charge in [-0.25, -0.2) is 4.98 Å². The van der Waals surface area contributed by atoms with Crippen LogP contribution in [0.5, 0.6) is 11.6 Å². The molecule has 1 fully saturated rings. The van der Waals surface area contributed by atoms with Crippen LogP contribution in [0.2, 0.25) is 0 Å². The number of ether oxygens (including phenoxy) is 3. The third kappa shape index (κ3) is 4.20. The highest BCUT2D eigenvalue weighted by molar-refractivity contribution is 7.99. The zero-order valence-electron chi connectivity index (χ0n) is 15.3. The van der Waals surface area contributed by atoms with Gasteiger partial charge in [-0.1, -0.05) is 12.1 Å². The average Bonchev–Trinajstić information content (AvgIpc) is 2.70. The minimum absolute atomic E-state index is 0.0763. The zero-order valence-corrected chi connectivity index (χ0v) is 16.2. The summed E-state index contributed by atoms with van der Waals surface area (Å²) in [4.78, 5) is 4.41. The number of methoxy groups -OCH3 is 1. The molecule has 0 saturated carbocycles. The summed E-state index contributed by atoms with van der Waals surface area (Å²) in [5.41, 5.74) is 1.77. The van der Waals surface area contributed by atoms with E-state index in [9.17, 15) is 10.5 Å². The molecule has 1 aliphatic heterocycles. The van der Waals surface area contributed by atoms with E-state index < -0.39 is 0 Å². The summed E-state index contributed by atoms with van der Waals surface area (Å²) in [7, 11) is 1.46. The Morgan fingerprint density at radius 1 is 1.21 bits per heavy atom. The molecule has 3 rings (SSSR count). The molecule has 1 aromatic carbocycles. The molecule has 0 bridgehead atoms. The van der Waals surface area contributed by atoms with Crippen molar-refractivity contribution in [3.05, 3.63) is 35.4 Å². The number of rotatable bonds is 8. The fourth-order valence-corrected chi connectivity index (χ4v) is 3.78. The van der Waals surface area contributed by atoms with Gasteiger partial charge in [-0.05, 0) is 17.7 Å². The molecule has 28 heavy (non-hydrogen) atoms. The molecular formula is C20H19N3O4S. The summed E-state index contributed by atoms with van der Waals surface area (Å²) < 4.78 is 15.9. The van der Waals surface area contributed by atoms with Crippen molar-refractivity contribution in [2.24, 2.45) is 5.92 Å². The number of aliphatic hydroxyl groups excluding tert-OH is 1. The Morgan fingerprint density at radius 2 is 1.93 bits per heavy atom. The fourth-order valence-electron chi connectivity index (χ4n) is 2.75. The van der Waals surface area contributed by atoms with Crippen molar-refractivity contribution < 1.29 is 19.3 Å². The van der Waals surface area contributed by atoms with E-state index in [4.69, 9.17) is 19.3 Å². The predicted molar refractivity (Wildman–Crippen MR) is 103 cm³/mol. The Labute approximate surface area is 167 Å². The van der Waals surface area contributed by atoms with Crippen molar-refractivity contribution in [1.82, 2.24) is 4.98 Å². The highest BCUT2D eigenvalue weighted by Gasteiger charge is 2.24. The second kappa shape index (κ2) is 9.43. The van der Waals surface area contributed by atoms with Gasteiger partial charge in [-0.15, -0.1) is 11.8 Å². The lowest BCUT2D eigenvalue weighted by Gasteiger charge is -2.25. The minimum Gasteiger partial charge on any atom is -0.491 e. The van der Waals surface area contributed by atoms with Crippen molar-refractivity contribution in [1.29, 1.82) is 10.5 Å². The summed E-state index contributed by atoms with van der Waals surface area (Å²) in [5.74, 6) is 2.01. The van der Waals surface area contributed by atoms with Gasteiger partial charge in [-0.3, -0.25) is 0 Å². The lowest BCUT2D eigenvalue weighted by Crippen LogP contribution is -2.29. The summed E-state index contributed by atoms with van der Waals surface area (Å²) in [6.07, 6.45) is 0. The third-order valence-electron chi connectivity index (χ3n) is 4.21. The molecule has 1 N–H and O–H groups in total. The summed E-state index contributed by atoms with van der Waals surface area (Å²) in [6.45, 7) is 1.54. The third-order valence-corrected chi connectivity index (χ3v) is 5.42. The van der Waals surface area contributed by atoms with E-state index >= 15 is 0 Å². The Kier molecular flexibility index (Phi) is 6.72. The summed E-state index contributed by atoms with van der Waals surface area (Å²) in [5, 5.41) is 28.9. The topological polar surface area (TPSA) is 108 Å². The Hall–Kier alpha value is -2.78. The second-order valence-electron chi connectivity index (χ2n) is 6.09. The molecule has 1 aromatic heterocycles. The lowest BCUT2D eigenvalue weighted by atomic mass is 9.97. The van der Waals surface area contributed by atoms with Gasteiger partial charge in [0.25, 0.3) is 0 Å². The van der Waals surface area contributed by atoms with Gasteiger partial charge >= 0.3 is 0 Å². The van der Waals surface area contributed by atoms with Crippen LogP contribution >= 0.6 is 11.8 Å². The van der Waals surface area contributed by atoms with Crippen LogP contribution in [0.25, 0.3) is 11.1 Å². The van der Waals surface area contributed by atoms with E-state index in [0.29, 0.717) is 46.6 Å². The van der Waals surface area contributed by atoms with Crippen LogP contribution in [0.3, 0.4) is 0 Å². The molecule has 0 atom stereocenters. The fraction of sp³-hybridized carbons (Fsp3) is 0.350.